The third-order valence-corrected chi connectivity index (χ3v) is 3.62. The first-order valence-corrected chi connectivity index (χ1v) is 7.47. The van der Waals surface area contributed by atoms with E-state index < -0.39 is 6.04 Å². The van der Waals surface area contributed by atoms with Crippen LogP contribution in [0.5, 0.6) is 0 Å². The van der Waals surface area contributed by atoms with E-state index in [0.717, 1.165) is 11.1 Å². The van der Waals surface area contributed by atoms with Crippen molar-refractivity contribution in [2.24, 2.45) is 0 Å². The molecule has 2 heterocycles. The Morgan fingerprint density at radius 1 is 1.30 bits per heavy atom. The molecule has 7 nitrogen and oxygen atoms in total. The molecule has 1 atom stereocenters. The molecule has 0 unspecified atom stereocenters. The summed E-state index contributed by atoms with van der Waals surface area (Å²) >= 11 is 0. The predicted octanol–water partition coefficient (Wildman–Crippen LogP) is 1.05. The lowest BCUT2D eigenvalue weighted by Crippen LogP contribution is -2.43. The van der Waals surface area contributed by atoms with E-state index in [9.17, 15) is 9.59 Å². The molecule has 1 aromatic heterocycles. The molecule has 1 aliphatic heterocycles. The fourth-order valence-corrected chi connectivity index (χ4v) is 2.36. The van der Waals surface area contributed by atoms with Gasteiger partial charge in [0.05, 0.1) is 13.2 Å². The molecule has 23 heavy (non-hydrogen) atoms. The van der Waals surface area contributed by atoms with Gasteiger partial charge < -0.3 is 15.4 Å². The zero-order chi connectivity index (χ0) is 16.1. The lowest BCUT2D eigenvalue weighted by molar-refractivity contribution is -0.139. The smallest absolute Gasteiger partial charge is 0.328 e. The van der Waals surface area contributed by atoms with Crippen LogP contribution in [0.2, 0.25) is 0 Å². The number of hydrogen-bond acceptors (Lipinski definition) is 4. The van der Waals surface area contributed by atoms with Gasteiger partial charge in [-0.05, 0) is 17.2 Å². The number of carbonyl (C=O) groups excluding carboxylic acids is 2. The fraction of sp³-hybridized carbons (Fsp3) is 0.312. The number of cyclic esters (lactones) is 1. The van der Waals surface area contributed by atoms with E-state index in [1.807, 2.05) is 41.2 Å². The van der Waals surface area contributed by atoms with Crippen LogP contribution in [0, 0.1) is 0 Å². The first-order valence-electron chi connectivity index (χ1n) is 7.47. The van der Waals surface area contributed by atoms with E-state index in [-0.39, 0.29) is 12.0 Å². The monoisotopic (exact) mass is 314 g/mol. The molecule has 0 bridgehead atoms. The molecule has 2 aromatic rings. The Morgan fingerprint density at radius 3 is 2.74 bits per heavy atom. The predicted molar refractivity (Wildman–Crippen MR) is 82.5 cm³/mol. The number of esters is 1. The topological polar surface area (TPSA) is 85.2 Å². The minimum absolute atomic E-state index is 0.363. The molecular formula is C16H18N4O3. The Morgan fingerprint density at radius 2 is 2.09 bits per heavy atom. The Balaban J connectivity index is 1.46. The summed E-state index contributed by atoms with van der Waals surface area (Å²) in [5.74, 6) is -0.372. The Bertz CT molecular complexity index is 667. The van der Waals surface area contributed by atoms with Crippen molar-refractivity contribution in [3.8, 4) is 0 Å². The summed E-state index contributed by atoms with van der Waals surface area (Å²) in [6.45, 7) is 1.47. The third kappa shape index (κ3) is 4.09. The van der Waals surface area contributed by atoms with Gasteiger partial charge in [0.2, 0.25) is 0 Å². The quantitative estimate of drug-likeness (QED) is 0.808. The van der Waals surface area contributed by atoms with Crippen LogP contribution in [0.15, 0.2) is 42.7 Å². The highest BCUT2D eigenvalue weighted by atomic mass is 16.5. The number of benzene rings is 1. The van der Waals surface area contributed by atoms with Crippen molar-refractivity contribution in [2.75, 3.05) is 6.61 Å². The number of aromatic nitrogens is 2. The van der Waals surface area contributed by atoms with Crippen LogP contribution in [-0.4, -0.2) is 34.4 Å². The maximum absolute atomic E-state index is 11.8. The minimum Gasteiger partial charge on any atom is -0.464 e. The van der Waals surface area contributed by atoms with Gasteiger partial charge in [0.1, 0.15) is 6.04 Å². The Kier molecular flexibility index (Phi) is 4.56. The number of nitrogens with zero attached hydrogens (tertiary/aromatic N) is 2. The van der Waals surface area contributed by atoms with Gasteiger partial charge in [-0.3, -0.25) is 4.68 Å². The van der Waals surface area contributed by atoms with Gasteiger partial charge in [-0.1, -0.05) is 24.3 Å². The second-order valence-corrected chi connectivity index (χ2v) is 5.36. The van der Waals surface area contributed by atoms with Crippen molar-refractivity contribution in [1.82, 2.24) is 20.4 Å². The highest BCUT2D eigenvalue weighted by Crippen LogP contribution is 2.07. The first kappa shape index (κ1) is 15.1. The molecule has 3 rings (SSSR count). The van der Waals surface area contributed by atoms with Crippen LogP contribution in [0.25, 0.3) is 0 Å². The molecule has 2 amide bonds. The standard InChI is InChI=1S/C16H18N4O3/c21-15-14(6-9-23-15)19-16(22)17-10-12-2-4-13(5-3-12)11-20-8-1-7-18-20/h1-5,7-8,14H,6,9-11H2,(H2,17,19,22)/t14-/m0/s1. The number of ether oxygens (including phenoxy) is 1. The van der Waals surface area contributed by atoms with Crippen LogP contribution < -0.4 is 10.6 Å². The Hall–Kier alpha value is -2.83. The summed E-state index contributed by atoms with van der Waals surface area (Å²) in [6.07, 6.45) is 4.18. The average Bonchev–Trinajstić information content (AvgIpc) is 3.19. The highest BCUT2D eigenvalue weighted by Gasteiger charge is 2.27. The van der Waals surface area contributed by atoms with Crippen molar-refractivity contribution >= 4 is 12.0 Å². The maximum Gasteiger partial charge on any atom is 0.328 e. The fourth-order valence-electron chi connectivity index (χ4n) is 2.36. The summed E-state index contributed by atoms with van der Waals surface area (Å²) < 4.78 is 6.65. The first-order chi connectivity index (χ1) is 11.2. The molecular weight excluding hydrogens is 296 g/mol. The van der Waals surface area contributed by atoms with E-state index in [1.165, 1.54) is 0 Å². The number of urea groups is 1. The van der Waals surface area contributed by atoms with Crippen LogP contribution in [-0.2, 0) is 22.6 Å². The van der Waals surface area contributed by atoms with Crippen molar-refractivity contribution in [1.29, 1.82) is 0 Å². The van der Waals surface area contributed by atoms with Gasteiger partial charge in [-0.25, -0.2) is 9.59 Å². The SMILES string of the molecule is O=C(NCc1ccc(Cn2cccn2)cc1)N[C@H]1CCOC1=O. The van der Waals surface area contributed by atoms with Crippen LogP contribution in [0.3, 0.4) is 0 Å². The third-order valence-electron chi connectivity index (χ3n) is 3.62. The molecule has 0 spiro atoms. The zero-order valence-corrected chi connectivity index (χ0v) is 12.6. The number of rotatable bonds is 5. The molecule has 1 saturated heterocycles. The zero-order valence-electron chi connectivity index (χ0n) is 12.6. The molecule has 7 heteroatoms. The normalized spacial score (nSPS) is 16.9. The van der Waals surface area contributed by atoms with Crippen LogP contribution in [0.4, 0.5) is 4.79 Å². The van der Waals surface area contributed by atoms with Gasteiger partial charge in [0, 0.05) is 25.4 Å². The lowest BCUT2D eigenvalue weighted by Gasteiger charge is -2.11. The average molecular weight is 314 g/mol. The molecule has 1 aromatic carbocycles. The Labute approximate surface area is 133 Å². The summed E-state index contributed by atoms with van der Waals surface area (Å²) in [5, 5.41) is 9.50. The van der Waals surface area contributed by atoms with Gasteiger partial charge in [0.25, 0.3) is 0 Å². The van der Waals surface area contributed by atoms with E-state index in [1.54, 1.807) is 6.20 Å². The van der Waals surface area contributed by atoms with E-state index in [2.05, 4.69) is 15.7 Å². The highest BCUT2D eigenvalue weighted by molar-refractivity contribution is 5.84. The van der Waals surface area contributed by atoms with Crippen LogP contribution >= 0.6 is 0 Å². The van der Waals surface area contributed by atoms with Gasteiger partial charge in [-0.2, -0.15) is 5.10 Å². The van der Waals surface area contributed by atoms with Crippen molar-refractivity contribution in [3.05, 3.63) is 53.9 Å². The van der Waals surface area contributed by atoms with Crippen molar-refractivity contribution < 1.29 is 14.3 Å². The van der Waals surface area contributed by atoms with Gasteiger partial charge >= 0.3 is 12.0 Å². The summed E-state index contributed by atoms with van der Waals surface area (Å²) in [5.41, 5.74) is 2.12. The maximum atomic E-state index is 11.8. The minimum atomic E-state index is -0.536. The summed E-state index contributed by atoms with van der Waals surface area (Å²) in [7, 11) is 0. The molecule has 1 aliphatic rings. The number of amides is 2. The van der Waals surface area contributed by atoms with E-state index in [4.69, 9.17) is 4.74 Å². The van der Waals surface area contributed by atoms with Gasteiger partial charge in [-0.15, -0.1) is 0 Å². The number of nitrogens with one attached hydrogen (secondary N) is 2. The number of carbonyl (C=O) groups is 2. The summed E-state index contributed by atoms with van der Waals surface area (Å²) in [4.78, 5) is 23.0. The molecule has 0 radical (unpaired) electrons. The van der Waals surface area contributed by atoms with Crippen LogP contribution in [0.1, 0.15) is 17.5 Å². The van der Waals surface area contributed by atoms with E-state index >= 15 is 0 Å². The number of hydrogen-bond donors (Lipinski definition) is 2. The molecule has 2 N–H and O–H groups in total. The second-order valence-electron chi connectivity index (χ2n) is 5.36. The van der Waals surface area contributed by atoms with Crippen molar-refractivity contribution in [3.63, 3.8) is 0 Å². The lowest BCUT2D eigenvalue weighted by atomic mass is 10.1. The van der Waals surface area contributed by atoms with Gasteiger partial charge in [0.15, 0.2) is 0 Å². The largest absolute Gasteiger partial charge is 0.464 e. The van der Waals surface area contributed by atoms with E-state index in [0.29, 0.717) is 26.1 Å². The second kappa shape index (κ2) is 6.95. The molecule has 0 aliphatic carbocycles. The molecule has 0 saturated carbocycles. The van der Waals surface area contributed by atoms with Crippen molar-refractivity contribution in [2.45, 2.75) is 25.6 Å². The molecule has 1 fully saturated rings. The molecule has 120 valence electrons. The summed E-state index contributed by atoms with van der Waals surface area (Å²) in [6, 6.07) is 8.92.